The summed E-state index contributed by atoms with van der Waals surface area (Å²) in [6.45, 7) is 3.83. The molecule has 1 amide bonds. The molecule has 1 aromatic heterocycles. The monoisotopic (exact) mass is 371 g/mol. The van der Waals surface area contributed by atoms with Crippen molar-refractivity contribution < 1.29 is 9.18 Å². The number of hydrogen-bond donors (Lipinski definition) is 1. The maximum atomic E-state index is 13.8. The SMILES string of the molecule is C[C@@H](Cc1ccccc1F)C(=O)N1CC[C@@H](N(C)Cc2nccc(N)n2)C1. The molecule has 0 saturated carbocycles. The van der Waals surface area contributed by atoms with Gasteiger partial charge in [-0.3, -0.25) is 9.69 Å². The van der Waals surface area contributed by atoms with Crippen LogP contribution in [0.3, 0.4) is 0 Å². The maximum Gasteiger partial charge on any atom is 0.225 e. The largest absolute Gasteiger partial charge is 0.384 e. The average molecular weight is 371 g/mol. The van der Waals surface area contributed by atoms with Gasteiger partial charge in [-0.05, 0) is 37.6 Å². The lowest BCUT2D eigenvalue weighted by Gasteiger charge is -2.25. The van der Waals surface area contributed by atoms with Crippen LogP contribution in [0, 0.1) is 11.7 Å². The fourth-order valence-electron chi connectivity index (χ4n) is 3.54. The van der Waals surface area contributed by atoms with E-state index in [1.54, 1.807) is 30.5 Å². The van der Waals surface area contributed by atoms with Crippen LogP contribution >= 0.6 is 0 Å². The van der Waals surface area contributed by atoms with Crippen molar-refractivity contribution in [1.82, 2.24) is 19.8 Å². The van der Waals surface area contributed by atoms with Crippen molar-refractivity contribution in [2.75, 3.05) is 25.9 Å². The molecule has 2 atom stereocenters. The molecule has 2 N–H and O–H groups in total. The number of likely N-dealkylation sites (tertiary alicyclic amines) is 1. The third kappa shape index (κ3) is 4.80. The Bertz CT molecular complexity index is 799. The van der Waals surface area contributed by atoms with Crippen molar-refractivity contribution in [3.05, 3.63) is 53.7 Å². The van der Waals surface area contributed by atoms with E-state index < -0.39 is 0 Å². The van der Waals surface area contributed by atoms with Gasteiger partial charge in [-0.2, -0.15) is 0 Å². The summed E-state index contributed by atoms with van der Waals surface area (Å²) >= 11 is 0. The topological polar surface area (TPSA) is 75.4 Å². The van der Waals surface area contributed by atoms with E-state index in [1.807, 2.05) is 18.9 Å². The predicted octanol–water partition coefficient (Wildman–Crippen LogP) is 2.11. The van der Waals surface area contributed by atoms with Crippen LogP contribution in [0.15, 0.2) is 36.5 Å². The van der Waals surface area contributed by atoms with E-state index in [2.05, 4.69) is 14.9 Å². The summed E-state index contributed by atoms with van der Waals surface area (Å²) < 4.78 is 13.8. The Kier molecular flexibility index (Phi) is 6.01. The van der Waals surface area contributed by atoms with Crippen LogP contribution < -0.4 is 5.73 Å². The number of benzene rings is 1. The molecule has 0 radical (unpaired) electrons. The molecular formula is C20H26FN5O. The first-order chi connectivity index (χ1) is 12.9. The Morgan fingerprint density at radius 2 is 2.19 bits per heavy atom. The summed E-state index contributed by atoms with van der Waals surface area (Å²) in [5, 5.41) is 0. The van der Waals surface area contributed by atoms with Gasteiger partial charge in [0.25, 0.3) is 0 Å². The van der Waals surface area contributed by atoms with E-state index >= 15 is 0 Å². The number of hydrogen-bond acceptors (Lipinski definition) is 5. The molecule has 6 nitrogen and oxygen atoms in total. The molecule has 7 heteroatoms. The number of rotatable bonds is 6. The number of halogens is 1. The maximum absolute atomic E-state index is 13.8. The number of nitrogens with zero attached hydrogens (tertiary/aromatic N) is 4. The average Bonchev–Trinajstić information content (AvgIpc) is 3.13. The van der Waals surface area contributed by atoms with Crippen LogP contribution in [0.25, 0.3) is 0 Å². The molecule has 1 aliphatic rings. The lowest BCUT2D eigenvalue weighted by molar-refractivity contribution is -0.134. The van der Waals surface area contributed by atoms with Gasteiger partial charge in [-0.25, -0.2) is 14.4 Å². The Labute approximate surface area is 159 Å². The number of likely N-dealkylation sites (N-methyl/N-ethyl adjacent to an activating group) is 1. The van der Waals surface area contributed by atoms with Gasteiger partial charge in [-0.15, -0.1) is 0 Å². The van der Waals surface area contributed by atoms with Crippen molar-refractivity contribution in [2.24, 2.45) is 5.92 Å². The second-order valence-corrected chi connectivity index (χ2v) is 7.24. The van der Waals surface area contributed by atoms with Gasteiger partial charge in [-0.1, -0.05) is 25.1 Å². The summed E-state index contributed by atoms with van der Waals surface area (Å²) in [6.07, 6.45) is 2.97. The highest BCUT2D eigenvalue weighted by Crippen LogP contribution is 2.20. The van der Waals surface area contributed by atoms with Crippen LogP contribution in [0.2, 0.25) is 0 Å². The van der Waals surface area contributed by atoms with Crippen LogP contribution in [-0.4, -0.2) is 51.9 Å². The molecular weight excluding hydrogens is 345 g/mol. The van der Waals surface area contributed by atoms with Gasteiger partial charge in [0.2, 0.25) is 5.91 Å². The lowest BCUT2D eigenvalue weighted by Crippen LogP contribution is -2.38. The predicted molar refractivity (Wildman–Crippen MR) is 102 cm³/mol. The molecule has 144 valence electrons. The molecule has 27 heavy (non-hydrogen) atoms. The summed E-state index contributed by atoms with van der Waals surface area (Å²) in [7, 11) is 2.01. The summed E-state index contributed by atoms with van der Waals surface area (Å²) in [5.74, 6) is 0.713. The molecule has 2 heterocycles. The van der Waals surface area contributed by atoms with E-state index in [-0.39, 0.29) is 23.7 Å². The van der Waals surface area contributed by atoms with Crippen molar-refractivity contribution >= 4 is 11.7 Å². The van der Waals surface area contributed by atoms with Gasteiger partial charge in [0, 0.05) is 31.2 Å². The number of aromatic nitrogens is 2. The van der Waals surface area contributed by atoms with E-state index in [0.717, 1.165) is 6.42 Å². The van der Waals surface area contributed by atoms with Crippen LogP contribution in [0.4, 0.5) is 10.2 Å². The fraction of sp³-hybridized carbons (Fsp3) is 0.450. The minimum absolute atomic E-state index is 0.0781. The minimum Gasteiger partial charge on any atom is -0.384 e. The highest BCUT2D eigenvalue weighted by molar-refractivity contribution is 5.79. The Balaban J connectivity index is 1.55. The molecule has 1 aromatic carbocycles. The van der Waals surface area contributed by atoms with Crippen molar-refractivity contribution in [3.8, 4) is 0 Å². The zero-order valence-corrected chi connectivity index (χ0v) is 15.8. The number of nitrogens with two attached hydrogens (primary N) is 1. The zero-order chi connectivity index (χ0) is 19.4. The van der Waals surface area contributed by atoms with Gasteiger partial charge in [0.05, 0.1) is 6.54 Å². The second-order valence-electron chi connectivity index (χ2n) is 7.24. The Morgan fingerprint density at radius 1 is 1.41 bits per heavy atom. The first kappa shape index (κ1) is 19.2. The number of carbonyl (C=O) groups is 1. The first-order valence-corrected chi connectivity index (χ1v) is 9.24. The van der Waals surface area contributed by atoms with Crippen molar-refractivity contribution in [2.45, 2.75) is 32.4 Å². The van der Waals surface area contributed by atoms with Gasteiger partial charge in [0.15, 0.2) is 0 Å². The lowest BCUT2D eigenvalue weighted by atomic mass is 9.99. The molecule has 2 aromatic rings. The van der Waals surface area contributed by atoms with E-state index in [0.29, 0.717) is 43.3 Å². The number of amides is 1. The second kappa shape index (κ2) is 8.43. The molecule has 3 rings (SSSR count). The number of carbonyl (C=O) groups excluding carboxylic acids is 1. The van der Waals surface area contributed by atoms with E-state index in [9.17, 15) is 9.18 Å². The number of anilines is 1. The third-order valence-electron chi connectivity index (χ3n) is 5.12. The molecule has 0 aliphatic carbocycles. The molecule has 0 spiro atoms. The highest BCUT2D eigenvalue weighted by Gasteiger charge is 2.31. The molecule has 0 unspecified atom stereocenters. The quantitative estimate of drug-likeness (QED) is 0.842. The summed E-state index contributed by atoms with van der Waals surface area (Å²) in [4.78, 5) is 25.3. The van der Waals surface area contributed by atoms with Crippen molar-refractivity contribution in [3.63, 3.8) is 0 Å². The first-order valence-electron chi connectivity index (χ1n) is 9.24. The summed E-state index contributed by atoms with van der Waals surface area (Å²) in [5.41, 5.74) is 6.30. The fourth-order valence-corrected chi connectivity index (χ4v) is 3.54. The standard InChI is InChI=1S/C20H26FN5O/c1-14(11-15-5-3-4-6-17(15)21)20(27)26-10-8-16(12-26)25(2)13-19-23-9-7-18(22)24-19/h3-7,9,14,16H,8,10-13H2,1-2H3,(H2,22,23,24)/t14-,16+/m0/s1. The molecule has 1 fully saturated rings. The van der Waals surface area contributed by atoms with Gasteiger partial charge < -0.3 is 10.6 Å². The van der Waals surface area contributed by atoms with E-state index in [1.165, 1.54) is 6.07 Å². The van der Waals surface area contributed by atoms with Crippen molar-refractivity contribution in [1.29, 1.82) is 0 Å². The van der Waals surface area contributed by atoms with Gasteiger partial charge >= 0.3 is 0 Å². The Morgan fingerprint density at radius 3 is 2.93 bits per heavy atom. The smallest absolute Gasteiger partial charge is 0.225 e. The summed E-state index contributed by atoms with van der Waals surface area (Å²) in [6, 6.07) is 8.55. The highest BCUT2D eigenvalue weighted by atomic mass is 19.1. The van der Waals surface area contributed by atoms with Gasteiger partial charge in [0.1, 0.15) is 17.5 Å². The Hall–Kier alpha value is -2.54. The molecule has 0 bridgehead atoms. The van der Waals surface area contributed by atoms with Crippen LogP contribution in [0.5, 0.6) is 0 Å². The zero-order valence-electron chi connectivity index (χ0n) is 15.8. The molecule has 1 aliphatic heterocycles. The third-order valence-corrected chi connectivity index (χ3v) is 5.12. The molecule has 1 saturated heterocycles. The van der Waals surface area contributed by atoms with Crippen LogP contribution in [0.1, 0.15) is 24.7 Å². The van der Waals surface area contributed by atoms with Crippen LogP contribution in [-0.2, 0) is 17.8 Å². The minimum atomic E-state index is -0.252. The normalized spacial score (nSPS) is 18.1. The van der Waals surface area contributed by atoms with E-state index in [4.69, 9.17) is 5.73 Å². The number of nitrogen functional groups attached to an aromatic ring is 1.